The van der Waals surface area contributed by atoms with Gasteiger partial charge in [0.25, 0.3) is 5.91 Å². The highest BCUT2D eigenvalue weighted by atomic mass is 16.1. The molecule has 1 aliphatic rings. The first kappa shape index (κ1) is 16.9. The van der Waals surface area contributed by atoms with E-state index in [-0.39, 0.29) is 5.94 Å². The summed E-state index contributed by atoms with van der Waals surface area (Å²) in [6.45, 7) is 0.889. The zero-order valence-electron chi connectivity index (χ0n) is 14.4. The maximum atomic E-state index is 11.6. The highest BCUT2D eigenvalue weighted by molar-refractivity contribution is 6.24. The summed E-state index contributed by atoms with van der Waals surface area (Å²) in [4.78, 5) is 11.6. The van der Waals surface area contributed by atoms with Crippen LogP contribution in [0.2, 0.25) is 0 Å². The third-order valence-electron chi connectivity index (χ3n) is 5.16. The lowest BCUT2D eigenvalue weighted by Crippen LogP contribution is -2.53. The van der Waals surface area contributed by atoms with E-state index in [9.17, 15) is 4.79 Å². The standard InChI is InChI=1S/C19H18B2N4O/c20-18-19(21,9-2-10-23-18)13-5-7-14(8-6-13)25-11-12-3-1-4-15(17(22)26)16(12)24-25/h1,3-8,11,18,23H,2,9-10H2,(H2,22,26). The van der Waals surface area contributed by atoms with Crippen molar-refractivity contribution in [1.82, 2.24) is 15.1 Å². The van der Waals surface area contributed by atoms with Crippen molar-refractivity contribution in [2.75, 3.05) is 6.54 Å². The van der Waals surface area contributed by atoms with Gasteiger partial charge in [-0.1, -0.05) is 24.3 Å². The quantitative estimate of drug-likeness (QED) is 0.708. The average molecular weight is 340 g/mol. The summed E-state index contributed by atoms with van der Waals surface area (Å²) in [6.07, 6.45) is 3.71. The van der Waals surface area contributed by atoms with Crippen LogP contribution < -0.4 is 11.1 Å². The molecule has 2 atom stereocenters. The molecule has 7 heteroatoms. The fourth-order valence-electron chi connectivity index (χ4n) is 3.60. The smallest absolute Gasteiger partial charge is 0.250 e. The molecule has 1 saturated heterocycles. The van der Waals surface area contributed by atoms with E-state index >= 15 is 0 Å². The Morgan fingerprint density at radius 2 is 2.04 bits per heavy atom. The third-order valence-corrected chi connectivity index (χ3v) is 5.16. The normalized spacial score (nSPS) is 23.2. The van der Waals surface area contributed by atoms with Crippen molar-refractivity contribution in [2.24, 2.45) is 5.73 Å². The van der Waals surface area contributed by atoms with Crippen molar-refractivity contribution < 1.29 is 4.79 Å². The summed E-state index contributed by atoms with van der Waals surface area (Å²) in [5.41, 5.74) is 8.32. The molecule has 4 rings (SSSR count). The number of nitrogens with one attached hydrogen (secondary N) is 1. The van der Waals surface area contributed by atoms with Crippen molar-refractivity contribution in [3.05, 3.63) is 59.8 Å². The lowest BCUT2D eigenvalue weighted by Gasteiger charge is -2.42. The van der Waals surface area contributed by atoms with Crippen LogP contribution in [0.4, 0.5) is 0 Å². The number of hydrogen-bond donors (Lipinski definition) is 2. The summed E-state index contributed by atoms with van der Waals surface area (Å²) in [5, 5.41) is 8.05. The van der Waals surface area contributed by atoms with Gasteiger partial charge in [-0.3, -0.25) is 4.79 Å². The van der Waals surface area contributed by atoms with Gasteiger partial charge < -0.3 is 11.1 Å². The van der Waals surface area contributed by atoms with Gasteiger partial charge in [0.05, 0.1) is 26.9 Å². The molecule has 126 valence electrons. The van der Waals surface area contributed by atoms with Crippen LogP contribution in [-0.4, -0.2) is 43.9 Å². The van der Waals surface area contributed by atoms with Crippen LogP contribution in [0.3, 0.4) is 0 Å². The van der Waals surface area contributed by atoms with Crippen LogP contribution in [0.25, 0.3) is 16.6 Å². The van der Waals surface area contributed by atoms with Crippen molar-refractivity contribution in [1.29, 1.82) is 0 Å². The van der Waals surface area contributed by atoms with Gasteiger partial charge in [0, 0.05) is 11.6 Å². The van der Waals surface area contributed by atoms with E-state index in [4.69, 9.17) is 21.4 Å². The van der Waals surface area contributed by atoms with Crippen LogP contribution >= 0.6 is 0 Å². The number of amides is 1. The Morgan fingerprint density at radius 1 is 1.27 bits per heavy atom. The highest BCUT2D eigenvalue weighted by Gasteiger charge is 2.33. The van der Waals surface area contributed by atoms with Crippen molar-refractivity contribution in [3.8, 4) is 5.69 Å². The number of nitrogens with two attached hydrogens (primary N) is 1. The van der Waals surface area contributed by atoms with Gasteiger partial charge in [-0.2, -0.15) is 5.10 Å². The molecule has 1 amide bonds. The predicted octanol–water partition coefficient (Wildman–Crippen LogP) is 1.37. The Bertz CT molecular complexity index is 969. The number of rotatable bonds is 3. The van der Waals surface area contributed by atoms with Crippen LogP contribution in [-0.2, 0) is 5.31 Å². The number of fused-ring (bicyclic) bond motifs is 1. The monoisotopic (exact) mass is 340 g/mol. The molecular formula is C19H18B2N4O. The van der Waals surface area contributed by atoms with Crippen LogP contribution in [0.15, 0.2) is 48.7 Å². The van der Waals surface area contributed by atoms with Gasteiger partial charge >= 0.3 is 0 Å². The SMILES string of the molecule is [B]C1NCCCC1([B])c1ccc(-n2cc3cccc(C(N)=O)c3n2)cc1. The van der Waals surface area contributed by atoms with Gasteiger partial charge in [0.1, 0.15) is 5.52 Å². The second kappa shape index (κ2) is 6.32. The number of benzene rings is 2. The molecule has 2 unspecified atom stereocenters. The number of carbonyl (C=O) groups excluding carboxylic acids is 1. The molecule has 0 saturated carbocycles. The maximum absolute atomic E-state index is 11.6. The Balaban J connectivity index is 1.70. The number of nitrogens with zero attached hydrogens (tertiary/aromatic N) is 2. The van der Waals surface area contributed by atoms with Gasteiger partial charge in [-0.25, -0.2) is 4.68 Å². The van der Waals surface area contributed by atoms with Gasteiger partial charge in [-0.05, 0) is 54.4 Å². The summed E-state index contributed by atoms with van der Waals surface area (Å²) >= 11 is 0. The van der Waals surface area contributed by atoms with Crippen molar-refractivity contribution in [2.45, 2.75) is 24.1 Å². The van der Waals surface area contributed by atoms with E-state index in [1.54, 1.807) is 16.8 Å². The molecule has 2 heterocycles. The molecule has 4 radical (unpaired) electrons. The molecule has 1 fully saturated rings. The zero-order valence-corrected chi connectivity index (χ0v) is 14.4. The zero-order chi connectivity index (χ0) is 18.3. The molecule has 3 aromatic rings. The molecule has 2 aromatic carbocycles. The number of piperidine rings is 1. The topological polar surface area (TPSA) is 72.9 Å². The lowest BCUT2D eigenvalue weighted by molar-refractivity contribution is 0.100. The van der Waals surface area contributed by atoms with E-state index in [1.165, 1.54) is 0 Å². The maximum Gasteiger partial charge on any atom is 0.250 e. The van der Waals surface area contributed by atoms with Crippen LogP contribution in [0.1, 0.15) is 28.8 Å². The average Bonchev–Trinajstić information content (AvgIpc) is 3.08. The molecule has 0 aliphatic carbocycles. The molecule has 0 spiro atoms. The van der Waals surface area contributed by atoms with E-state index in [0.717, 1.165) is 36.0 Å². The summed E-state index contributed by atoms with van der Waals surface area (Å²) < 4.78 is 1.74. The van der Waals surface area contributed by atoms with Crippen molar-refractivity contribution >= 4 is 32.5 Å². The molecule has 3 N–H and O–H groups in total. The Labute approximate surface area is 154 Å². The molecule has 1 aromatic heterocycles. The van der Waals surface area contributed by atoms with E-state index in [2.05, 4.69) is 10.4 Å². The highest BCUT2D eigenvalue weighted by Crippen LogP contribution is 2.32. The fraction of sp³-hybridized carbons (Fsp3) is 0.263. The minimum Gasteiger partial charge on any atom is -0.366 e. The number of carbonyl (C=O) groups is 1. The first-order valence-corrected chi connectivity index (χ1v) is 8.66. The largest absolute Gasteiger partial charge is 0.366 e. The lowest BCUT2D eigenvalue weighted by atomic mass is 9.51. The summed E-state index contributed by atoms with van der Waals surface area (Å²) in [6, 6.07) is 13.3. The van der Waals surface area contributed by atoms with Gasteiger partial charge in [-0.15, -0.1) is 0 Å². The minimum absolute atomic E-state index is 0.271. The molecule has 5 nitrogen and oxygen atoms in total. The Morgan fingerprint density at radius 3 is 2.73 bits per heavy atom. The molecule has 0 bridgehead atoms. The second-order valence-corrected chi connectivity index (χ2v) is 6.80. The third kappa shape index (κ3) is 2.72. The summed E-state index contributed by atoms with van der Waals surface area (Å²) in [5.74, 6) is -0.757. The van der Waals surface area contributed by atoms with Crippen LogP contribution in [0.5, 0.6) is 0 Å². The Hall–Kier alpha value is -2.53. The molecular weight excluding hydrogens is 322 g/mol. The second-order valence-electron chi connectivity index (χ2n) is 6.80. The van der Waals surface area contributed by atoms with Gasteiger partial charge in [0.15, 0.2) is 0 Å². The van der Waals surface area contributed by atoms with Crippen molar-refractivity contribution in [3.63, 3.8) is 0 Å². The first-order chi connectivity index (χ1) is 12.5. The minimum atomic E-state index is -0.579. The molecule has 1 aliphatic heterocycles. The summed E-state index contributed by atoms with van der Waals surface area (Å²) in [7, 11) is 12.8. The first-order valence-electron chi connectivity index (χ1n) is 8.66. The Kier molecular flexibility index (Phi) is 4.11. The fourth-order valence-corrected chi connectivity index (χ4v) is 3.60. The number of primary amides is 1. The number of hydrogen-bond acceptors (Lipinski definition) is 3. The predicted molar refractivity (Wildman–Crippen MR) is 104 cm³/mol. The van der Waals surface area contributed by atoms with E-state index in [0.29, 0.717) is 11.1 Å². The van der Waals surface area contributed by atoms with Gasteiger partial charge in [0.2, 0.25) is 0 Å². The van der Waals surface area contributed by atoms with E-state index < -0.39 is 11.2 Å². The molecule has 26 heavy (non-hydrogen) atoms. The van der Waals surface area contributed by atoms with Crippen LogP contribution in [0, 0.1) is 0 Å². The number of aromatic nitrogens is 2. The van der Waals surface area contributed by atoms with E-state index in [1.807, 2.05) is 36.5 Å².